The van der Waals surface area contributed by atoms with Gasteiger partial charge in [-0.1, -0.05) is 11.6 Å². The first-order chi connectivity index (χ1) is 14.7. The number of nitrogens with zero attached hydrogens (tertiary/aromatic N) is 2. The molecular formula is C20H22ClFN2O5S2. The molecule has 1 amide bonds. The van der Waals surface area contributed by atoms with E-state index in [1.54, 1.807) is 13.1 Å². The third kappa shape index (κ3) is 6.03. The molecule has 3 rings (SSSR count). The van der Waals surface area contributed by atoms with Crippen molar-refractivity contribution in [1.29, 1.82) is 0 Å². The van der Waals surface area contributed by atoms with E-state index in [1.807, 2.05) is 6.07 Å². The number of amides is 1. The fourth-order valence-electron chi connectivity index (χ4n) is 3.23. The number of hydrogen-bond acceptors (Lipinski definition) is 6. The number of sulfonamides is 1. The van der Waals surface area contributed by atoms with Crippen LogP contribution in [0.25, 0.3) is 0 Å². The molecule has 168 valence electrons. The fourth-order valence-corrected chi connectivity index (χ4v) is 5.89. The van der Waals surface area contributed by atoms with E-state index in [4.69, 9.17) is 16.3 Å². The Morgan fingerprint density at radius 3 is 2.61 bits per heavy atom. The Bertz CT molecular complexity index is 1040. The Kier molecular flexibility index (Phi) is 7.68. The highest BCUT2D eigenvalue weighted by atomic mass is 35.5. The fraction of sp³-hybridized carbons (Fsp3) is 0.400. The standard InChI is InChI=1S/C20H22ClFN2O5S2/c1-23(12-16-6-9-18(21)30-16)19(25)13-29-20(26)14-3-2-10-24(11-14)31(27,28)17-7-4-15(22)5-8-17/h4-9,14H,2-3,10-13H2,1H3. The van der Waals surface area contributed by atoms with Crippen LogP contribution in [-0.4, -0.2) is 56.2 Å². The molecule has 31 heavy (non-hydrogen) atoms. The van der Waals surface area contributed by atoms with Crippen molar-refractivity contribution in [2.45, 2.75) is 24.3 Å². The van der Waals surface area contributed by atoms with Gasteiger partial charge in [0.25, 0.3) is 5.91 Å². The van der Waals surface area contributed by atoms with Gasteiger partial charge in [0, 0.05) is 25.0 Å². The van der Waals surface area contributed by atoms with Gasteiger partial charge in [0.05, 0.1) is 21.7 Å². The number of esters is 1. The van der Waals surface area contributed by atoms with Gasteiger partial charge in [-0.15, -0.1) is 11.3 Å². The molecule has 1 saturated heterocycles. The lowest BCUT2D eigenvalue weighted by atomic mass is 10.00. The van der Waals surface area contributed by atoms with Crippen molar-refractivity contribution in [3.63, 3.8) is 0 Å². The van der Waals surface area contributed by atoms with Gasteiger partial charge in [0.1, 0.15) is 5.82 Å². The maximum atomic E-state index is 13.1. The Morgan fingerprint density at radius 2 is 1.97 bits per heavy atom. The topological polar surface area (TPSA) is 84.0 Å². The van der Waals surface area contributed by atoms with E-state index in [2.05, 4.69) is 0 Å². The maximum Gasteiger partial charge on any atom is 0.310 e. The molecule has 1 fully saturated rings. The molecule has 0 radical (unpaired) electrons. The normalized spacial score (nSPS) is 17.3. The van der Waals surface area contributed by atoms with Gasteiger partial charge in [-0.05, 0) is 49.2 Å². The minimum absolute atomic E-state index is 0.0339. The van der Waals surface area contributed by atoms with E-state index in [9.17, 15) is 22.4 Å². The van der Waals surface area contributed by atoms with Gasteiger partial charge in [-0.25, -0.2) is 12.8 Å². The van der Waals surface area contributed by atoms with Gasteiger partial charge in [-0.2, -0.15) is 4.31 Å². The first kappa shape index (κ1) is 23.6. The number of thiophene rings is 1. The van der Waals surface area contributed by atoms with E-state index in [0.717, 1.165) is 17.0 Å². The van der Waals surface area contributed by atoms with Crippen LogP contribution in [0.4, 0.5) is 4.39 Å². The zero-order valence-electron chi connectivity index (χ0n) is 16.8. The second-order valence-electron chi connectivity index (χ2n) is 7.22. The number of benzene rings is 1. The lowest BCUT2D eigenvalue weighted by molar-refractivity contribution is -0.156. The molecule has 1 aliphatic rings. The van der Waals surface area contributed by atoms with Gasteiger partial charge in [0.2, 0.25) is 10.0 Å². The highest BCUT2D eigenvalue weighted by Gasteiger charge is 2.34. The molecule has 0 spiro atoms. The summed E-state index contributed by atoms with van der Waals surface area (Å²) in [6.07, 6.45) is 0.944. The number of hydrogen-bond donors (Lipinski definition) is 0. The Morgan fingerprint density at radius 1 is 1.26 bits per heavy atom. The molecule has 0 bridgehead atoms. The first-order valence-electron chi connectivity index (χ1n) is 9.57. The largest absolute Gasteiger partial charge is 0.455 e. The van der Waals surface area contributed by atoms with Crippen LogP contribution < -0.4 is 0 Å². The summed E-state index contributed by atoms with van der Waals surface area (Å²) in [5, 5.41) is 0. The number of carbonyl (C=O) groups excluding carboxylic acids is 2. The van der Waals surface area contributed by atoms with Crippen molar-refractivity contribution < 1.29 is 27.1 Å². The maximum absolute atomic E-state index is 13.1. The molecule has 2 aromatic rings. The van der Waals surface area contributed by atoms with Crippen LogP contribution in [0, 0.1) is 11.7 Å². The summed E-state index contributed by atoms with van der Waals surface area (Å²) in [7, 11) is -2.25. The summed E-state index contributed by atoms with van der Waals surface area (Å²) in [6.45, 7) is 0.140. The molecule has 0 aliphatic carbocycles. The predicted molar refractivity (Wildman–Crippen MR) is 115 cm³/mol. The minimum atomic E-state index is -3.85. The zero-order valence-corrected chi connectivity index (χ0v) is 19.2. The third-order valence-corrected chi connectivity index (χ3v) is 8.05. The van der Waals surface area contributed by atoms with Gasteiger partial charge < -0.3 is 9.64 Å². The van der Waals surface area contributed by atoms with E-state index in [0.29, 0.717) is 23.7 Å². The summed E-state index contributed by atoms with van der Waals surface area (Å²) >= 11 is 7.25. The Hall–Kier alpha value is -2.01. The molecule has 1 aromatic heterocycles. The van der Waals surface area contributed by atoms with Crippen LogP contribution in [0.2, 0.25) is 4.34 Å². The van der Waals surface area contributed by atoms with Crippen molar-refractivity contribution in [1.82, 2.24) is 9.21 Å². The monoisotopic (exact) mass is 488 g/mol. The average Bonchev–Trinajstić information content (AvgIpc) is 3.16. The molecule has 7 nitrogen and oxygen atoms in total. The minimum Gasteiger partial charge on any atom is -0.455 e. The molecule has 2 heterocycles. The first-order valence-corrected chi connectivity index (χ1v) is 12.2. The Balaban J connectivity index is 1.54. The SMILES string of the molecule is CN(Cc1ccc(Cl)s1)C(=O)COC(=O)C1CCCN(S(=O)(=O)c2ccc(F)cc2)C1. The summed E-state index contributed by atoms with van der Waals surface area (Å²) in [4.78, 5) is 27.0. The van der Waals surface area contributed by atoms with Crippen molar-refractivity contribution in [3.8, 4) is 0 Å². The van der Waals surface area contributed by atoms with Gasteiger partial charge >= 0.3 is 5.97 Å². The van der Waals surface area contributed by atoms with Crippen molar-refractivity contribution >= 4 is 44.8 Å². The molecule has 1 aromatic carbocycles. The number of rotatable bonds is 7. The lowest BCUT2D eigenvalue weighted by Crippen LogP contribution is -2.43. The molecule has 0 N–H and O–H groups in total. The van der Waals surface area contributed by atoms with Crippen LogP contribution in [0.15, 0.2) is 41.3 Å². The summed E-state index contributed by atoms with van der Waals surface area (Å²) < 4.78 is 45.7. The summed E-state index contributed by atoms with van der Waals surface area (Å²) in [6, 6.07) is 8.11. The number of halogens is 2. The second-order valence-corrected chi connectivity index (χ2v) is 11.0. The van der Waals surface area contributed by atoms with Crippen molar-refractivity contribution in [2.24, 2.45) is 5.92 Å². The smallest absolute Gasteiger partial charge is 0.310 e. The third-order valence-electron chi connectivity index (χ3n) is 4.95. The molecular weight excluding hydrogens is 467 g/mol. The number of likely N-dealkylation sites (N-methyl/N-ethyl adjacent to an activating group) is 1. The average molecular weight is 489 g/mol. The predicted octanol–water partition coefficient (Wildman–Crippen LogP) is 3.14. The van der Waals surface area contributed by atoms with Gasteiger partial charge in [0.15, 0.2) is 6.61 Å². The molecule has 1 unspecified atom stereocenters. The molecule has 1 aliphatic heterocycles. The number of carbonyl (C=O) groups is 2. The van der Waals surface area contributed by atoms with Crippen molar-refractivity contribution in [2.75, 3.05) is 26.7 Å². The summed E-state index contributed by atoms with van der Waals surface area (Å²) in [5.74, 6) is -2.18. The molecule has 11 heteroatoms. The molecule has 0 saturated carbocycles. The highest BCUT2D eigenvalue weighted by molar-refractivity contribution is 7.89. The van der Waals surface area contributed by atoms with Crippen LogP contribution >= 0.6 is 22.9 Å². The van der Waals surface area contributed by atoms with E-state index in [-0.39, 0.29) is 23.9 Å². The second kappa shape index (κ2) is 10.1. The van der Waals surface area contributed by atoms with Crippen LogP contribution in [0.3, 0.4) is 0 Å². The van der Waals surface area contributed by atoms with E-state index >= 15 is 0 Å². The van der Waals surface area contributed by atoms with Crippen LogP contribution in [0.1, 0.15) is 17.7 Å². The quantitative estimate of drug-likeness (QED) is 0.559. The lowest BCUT2D eigenvalue weighted by Gasteiger charge is -2.30. The Labute approximate surface area is 189 Å². The highest BCUT2D eigenvalue weighted by Crippen LogP contribution is 2.25. The van der Waals surface area contributed by atoms with E-state index < -0.39 is 34.3 Å². The number of ether oxygens (including phenoxy) is 1. The van der Waals surface area contributed by atoms with E-state index in [1.165, 1.54) is 32.7 Å². The van der Waals surface area contributed by atoms with Crippen molar-refractivity contribution in [3.05, 3.63) is 51.4 Å². The summed E-state index contributed by atoms with van der Waals surface area (Å²) in [5.41, 5.74) is 0. The molecule has 1 atom stereocenters. The number of piperidine rings is 1. The van der Waals surface area contributed by atoms with Gasteiger partial charge in [-0.3, -0.25) is 9.59 Å². The van der Waals surface area contributed by atoms with Crippen LogP contribution in [0.5, 0.6) is 0 Å². The van der Waals surface area contributed by atoms with Crippen LogP contribution in [-0.2, 0) is 30.9 Å². The zero-order chi connectivity index (χ0) is 22.6.